The summed E-state index contributed by atoms with van der Waals surface area (Å²) in [6, 6.07) is 5.54. The summed E-state index contributed by atoms with van der Waals surface area (Å²) >= 11 is 0. The summed E-state index contributed by atoms with van der Waals surface area (Å²) in [6.45, 7) is 2.96. The summed E-state index contributed by atoms with van der Waals surface area (Å²) < 4.78 is 7.05. The van der Waals surface area contributed by atoms with Crippen molar-refractivity contribution >= 4 is 17.5 Å². The molecule has 3 heterocycles. The Morgan fingerprint density at radius 2 is 1.76 bits per heavy atom. The van der Waals surface area contributed by atoms with Gasteiger partial charge in [0.25, 0.3) is 11.8 Å². The third-order valence-electron chi connectivity index (χ3n) is 9.04. The summed E-state index contributed by atoms with van der Waals surface area (Å²) in [5, 5.41) is 3.27. The zero-order valence-electron chi connectivity index (χ0n) is 20.2. The SMILES string of the molecule is COCC1CCN(C(=O)c2cn3c(C(=O)NCC45CC6CC(CC(C6)C4)C5)cccc3n2)CC1. The predicted molar refractivity (Wildman–Crippen MR) is 129 cm³/mol. The summed E-state index contributed by atoms with van der Waals surface area (Å²) in [7, 11) is 1.73. The van der Waals surface area contributed by atoms with E-state index in [2.05, 4.69) is 10.3 Å². The van der Waals surface area contributed by atoms with Gasteiger partial charge in [0, 0.05) is 39.5 Å². The minimum Gasteiger partial charge on any atom is -0.384 e. The van der Waals surface area contributed by atoms with E-state index >= 15 is 0 Å². The molecule has 5 aliphatic rings. The number of likely N-dealkylation sites (tertiary alicyclic amines) is 1. The van der Waals surface area contributed by atoms with Gasteiger partial charge in [0.05, 0.1) is 0 Å². The number of imidazole rings is 1. The Labute approximate surface area is 201 Å². The molecule has 34 heavy (non-hydrogen) atoms. The van der Waals surface area contributed by atoms with Gasteiger partial charge in [-0.2, -0.15) is 0 Å². The monoisotopic (exact) mass is 464 g/mol. The van der Waals surface area contributed by atoms with E-state index in [-0.39, 0.29) is 11.8 Å². The van der Waals surface area contributed by atoms with Crippen LogP contribution in [0.3, 0.4) is 0 Å². The van der Waals surface area contributed by atoms with Crippen molar-refractivity contribution in [1.82, 2.24) is 19.6 Å². The van der Waals surface area contributed by atoms with Gasteiger partial charge in [0.2, 0.25) is 0 Å². The largest absolute Gasteiger partial charge is 0.384 e. The fraction of sp³-hybridized carbons (Fsp3) is 0.667. The molecule has 7 nitrogen and oxygen atoms in total. The van der Waals surface area contributed by atoms with Crippen LogP contribution in [0.25, 0.3) is 5.65 Å². The summed E-state index contributed by atoms with van der Waals surface area (Å²) in [5.74, 6) is 2.99. The zero-order valence-corrected chi connectivity index (χ0v) is 20.2. The van der Waals surface area contributed by atoms with Crippen molar-refractivity contribution in [2.24, 2.45) is 29.1 Å². The molecule has 2 amide bonds. The number of carbonyl (C=O) groups excluding carboxylic acids is 2. The lowest BCUT2D eigenvalue weighted by molar-refractivity contribution is -0.0503. The van der Waals surface area contributed by atoms with Gasteiger partial charge in [-0.3, -0.25) is 14.0 Å². The van der Waals surface area contributed by atoms with Crippen LogP contribution in [-0.4, -0.2) is 59.4 Å². The summed E-state index contributed by atoms with van der Waals surface area (Å²) in [4.78, 5) is 32.8. The maximum absolute atomic E-state index is 13.3. The second kappa shape index (κ2) is 8.67. The van der Waals surface area contributed by atoms with Crippen LogP contribution in [0, 0.1) is 29.1 Å². The highest BCUT2D eigenvalue weighted by Gasteiger charge is 2.50. The van der Waals surface area contributed by atoms with Gasteiger partial charge in [-0.15, -0.1) is 0 Å². The van der Waals surface area contributed by atoms with Gasteiger partial charge < -0.3 is 15.0 Å². The number of carbonyl (C=O) groups is 2. The highest BCUT2D eigenvalue weighted by Crippen LogP contribution is 2.59. The first-order valence-corrected chi connectivity index (χ1v) is 13.1. The van der Waals surface area contributed by atoms with Gasteiger partial charge in [-0.25, -0.2) is 4.98 Å². The zero-order chi connectivity index (χ0) is 23.3. The average Bonchev–Trinajstić information content (AvgIpc) is 3.26. The molecule has 182 valence electrons. The maximum Gasteiger partial charge on any atom is 0.274 e. The van der Waals surface area contributed by atoms with Crippen molar-refractivity contribution < 1.29 is 14.3 Å². The van der Waals surface area contributed by atoms with E-state index in [4.69, 9.17) is 4.74 Å². The molecule has 1 aliphatic heterocycles. The Balaban J connectivity index is 1.15. The molecule has 0 unspecified atom stereocenters. The Morgan fingerprint density at radius 1 is 1.09 bits per heavy atom. The van der Waals surface area contributed by atoms with E-state index in [0.717, 1.165) is 56.8 Å². The molecule has 1 saturated heterocycles. The highest BCUT2D eigenvalue weighted by molar-refractivity contribution is 5.95. The van der Waals surface area contributed by atoms with Crippen LogP contribution in [0.4, 0.5) is 0 Å². The topological polar surface area (TPSA) is 75.9 Å². The third kappa shape index (κ3) is 4.02. The Bertz CT molecular complexity index is 1050. The molecule has 4 bridgehead atoms. The standard InChI is InChI=1S/C27H36N4O3/c1-34-16-18-5-7-30(8-6-18)26(33)22-15-31-23(3-2-4-24(31)29-22)25(32)28-17-27-12-19-9-20(13-27)11-21(10-19)14-27/h2-4,15,18-21H,5-14,16-17H2,1H3,(H,28,32). The van der Waals surface area contributed by atoms with Crippen LogP contribution in [0.2, 0.25) is 0 Å². The molecule has 0 radical (unpaired) electrons. The van der Waals surface area contributed by atoms with Gasteiger partial charge in [0.15, 0.2) is 0 Å². The second-order valence-corrected chi connectivity index (χ2v) is 11.6. The Kier molecular flexibility index (Phi) is 5.63. The molecule has 2 aromatic rings. The number of hydrogen-bond acceptors (Lipinski definition) is 4. The summed E-state index contributed by atoms with van der Waals surface area (Å²) in [6.07, 6.45) is 11.7. The number of ether oxygens (including phenoxy) is 1. The number of fused-ring (bicyclic) bond motifs is 1. The van der Waals surface area contributed by atoms with Gasteiger partial charge in [-0.1, -0.05) is 6.07 Å². The molecule has 0 atom stereocenters. The summed E-state index contributed by atoms with van der Waals surface area (Å²) in [5.41, 5.74) is 1.89. The minimum atomic E-state index is -0.0712. The molecular formula is C27H36N4O3. The van der Waals surface area contributed by atoms with E-state index in [0.29, 0.717) is 28.4 Å². The molecule has 7 rings (SSSR count). The number of nitrogens with zero attached hydrogens (tertiary/aromatic N) is 3. The number of rotatable bonds is 6. The fourth-order valence-corrected chi connectivity index (χ4v) is 7.86. The molecule has 0 aromatic carbocycles. The van der Waals surface area contributed by atoms with Crippen LogP contribution in [0.1, 0.15) is 72.3 Å². The Hall–Kier alpha value is -2.41. The number of amides is 2. The van der Waals surface area contributed by atoms with Crippen molar-refractivity contribution in [1.29, 1.82) is 0 Å². The van der Waals surface area contributed by atoms with Crippen molar-refractivity contribution in [3.63, 3.8) is 0 Å². The lowest BCUT2D eigenvalue weighted by atomic mass is 9.49. The molecule has 2 aromatic heterocycles. The van der Waals surface area contributed by atoms with Crippen LogP contribution < -0.4 is 5.32 Å². The quantitative estimate of drug-likeness (QED) is 0.706. The molecule has 1 N–H and O–H groups in total. The first kappa shape index (κ1) is 22.1. The predicted octanol–water partition coefficient (Wildman–Crippen LogP) is 3.78. The van der Waals surface area contributed by atoms with Crippen molar-refractivity contribution in [2.45, 2.75) is 51.4 Å². The average molecular weight is 465 g/mol. The van der Waals surface area contributed by atoms with E-state index in [9.17, 15) is 9.59 Å². The van der Waals surface area contributed by atoms with Gasteiger partial charge >= 0.3 is 0 Å². The third-order valence-corrected chi connectivity index (χ3v) is 9.04. The molecule has 5 fully saturated rings. The number of nitrogens with one attached hydrogen (secondary N) is 1. The molecule has 4 aliphatic carbocycles. The van der Waals surface area contributed by atoms with Crippen LogP contribution in [0.5, 0.6) is 0 Å². The van der Waals surface area contributed by atoms with Gasteiger partial charge in [-0.05, 0) is 92.6 Å². The smallest absolute Gasteiger partial charge is 0.274 e. The molecule has 7 heteroatoms. The lowest BCUT2D eigenvalue weighted by Crippen LogP contribution is -2.51. The van der Waals surface area contributed by atoms with Gasteiger partial charge in [0.1, 0.15) is 17.0 Å². The van der Waals surface area contributed by atoms with Crippen LogP contribution in [0.15, 0.2) is 24.4 Å². The normalized spacial score (nSPS) is 30.7. The number of aromatic nitrogens is 2. The second-order valence-electron chi connectivity index (χ2n) is 11.6. The minimum absolute atomic E-state index is 0.0560. The number of methoxy groups -OCH3 is 1. The first-order chi connectivity index (χ1) is 16.5. The van der Waals surface area contributed by atoms with E-state index in [1.807, 2.05) is 23.1 Å². The fourth-order valence-electron chi connectivity index (χ4n) is 7.86. The highest BCUT2D eigenvalue weighted by atomic mass is 16.5. The molecule has 4 saturated carbocycles. The lowest BCUT2D eigenvalue weighted by Gasteiger charge is -2.56. The number of hydrogen-bond donors (Lipinski definition) is 1. The van der Waals surface area contributed by atoms with E-state index in [1.54, 1.807) is 17.7 Å². The van der Waals surface area contributed by atoms with Crippen molar-refractivity contribution in [2.75, 3.05) is 33.4 Å². The van der Waals surface area contributed by atoms with Crippen LogP contribution >= 0.6 is 0 Å². The molecular weight excluding hydrogens is 428 g/mol. The maximum atomic E-state index is 13.3. The van der Waals surface area contributed by atoms with Crippen molar-refractivity contribution in [3.05, 3.63) is 35.8 Å². The first-order valence-electron chi connectivity index (χ1n) is 13.1. The Morgan fingerprint density at radius 3 is 2.41 bits per heavy atom. The number of piperidine rings is 1. The van der Waals surface area contributed by atoms with Crippen LogP contribution in [-0.2, 0) is 4.74 Å². The molecule has 0 spiro atoms. The number of pyridine rings is 1. The van der Waals surface area contributed by atoms with E-state index < -0.39 is 0 Å². The van der Waals surface area contributed by atoms with Crippen molar-refractivity contribution in [3.8, 4) is 0 Å². The van der Waals surface area contributed by atoms with E-state index in [1.165, 1.54) is 38.5 Å².